The first-order valence-electron chi connectivity index (χ1n) is 9.79. The Morgan fingerprint density at radius 2 is 2.03 bits per heavy atom. The quantitative estimate of drug-likeness (QED) is 0.584. The van der Waals surface area contributed by atoms with Crippen LogP contribution in [-0.2, 0) is 17.6 Å². The highest BCUT2D eigenvalue weighted by Crippen LogP contribution is 2.41. The largest absolute Gasteiger partial charge is 0.487 e. The third-order valence-corrected chi connectivity index (χ3v) is 5.91. The maximum atomic E-state index is 14.6. The molecule has 0 saturated heterocycles. The number of nitrogens with one attached hydrogen (secondary N) is 1. The molecule has 0 bridgehead atoms. The van der Waals surface area contributed by atoms with E-state index in [0.717, 1.165) is 16.7 Å². The number of fused-ring (bicyclic) bond motifs is 1. The van der Waals surface area contributed by atoms with Crippen LogP contribution in [0.3, 0.4) is 0 Å². The van der Waals surface area contributed by atoms with Crippen molar-refractivity contribution in [3.05, 3.63) is 75.2 Å². The van der Waals surface area contributed by atoms with E-state index in [1.54, 1.807) is 17.4 Å². The third-order valence-electron chi connectivity index (χ3n) is 5.18. The van der Waals surface area contributed by atoms with E-state index in [-0.39, 0.29) is 17.8 Å². The Labute approximate surface area is 178 Å². The van der Waals surface area contributed by atoms with Gasteiger partial charge in [-0.1, -0.05) is 6.07 Å². The van der Waals surface area contributed by atoms with Gasteiger partial charge in [0.25, 0.3) is 0 Å². The molecule has 2 aromatic carbocycles. The van der Waals surface area contributed by atoms with Crippen molar-refractivity contribution >= 4 is 23.0 Å². The first kappa shape index (κ1) is 20.3. The van der Waals surface area contributed by atoms with Gasteiger partial charge in [-0.15, -0.1) is 0 Å². The van der Waals surface area contributed by atoms with Crippen LogP contribution < -0.4 is 10.1 Å². The molecule has 0 fully saturated rings. The van der Waals surface area contributed by atoms with Gasteiger partial charge >= 0.3 is 0 Å². The Balaban J connectivity index is 1.53. The number of ketones is 1. The average molecular weight is 424 g/mol. The third kappa shape index (κ3) is 4.28. The van der Waals surface area contributed by atoms with Crippen molar-refractivity contribution in [1.82, 2.24) is 5.32 Å². The lowest BCUT2D eigenvalue weighted by Gasteiger charge is -2.15. The van der Waals surface area contributed by atoms with Gasteiger partial charge in [0.15, 0.2) is 5.78 Å². The number of rotatable bonds is 6. The Morgan fingerprint density at radius 1 is 1.20 bits per heavy atom. The van der Waals surface area contributed by atoms with Crippen LogP contribution in [0.4, 0.5) is 4.39 Å². The zero-order valence-electron chi connectivity index (χ0n) is 16.8. The molecule has 0 spiro atoms. The molecule has 154 valence electrons. The van der Waals surface area contributed by atoms with E-state index in [1.807, 2.05) is 35.9 Å². The standard InChI is InChI=1S/C24H22FNO3S/c1-14-7-18-10-19(12-26-23(28)9-16-5-6-30-13-16)29-24(18)21(8-14)20-11-17(15(2)27)3-4-22(20)25/h3-8,11,13,19H,9-10,12H2,1-2H3,(H,26,28)/t19-/m0/s1. The van der Waals surface area contributed by atoms with Gasteiger partial charge in [-0.25, -0.2) is 4.39 Å². The molecule has 3 aromatic rings. The normalized spacial score (nSPS) is 14.8. The number of carbonyl (C=O) groups excluding carboxylic acids is 2. The predicted molar refractivity (Wildman–Crippen MR) is 116 cm³/mol. The number of hydrogen-bond donors (Lipinski definition) is 1. The Morgan fingerprint density at radius 3 is 2.77 bits per heavy atom. The van der Waals surface area contributed by atoms with Crippen LogP contribution in [0.2, 0.25) is 0 Å². The fourth-order valence-corrected chi connectivity index (χ4v) is 4.39. The molecule has 30 heavy (non-hydrogen) atoms. The molecule has 4 rings (SSSR count). The van der Waals surface area contributed by atoms with Crippen LogP contribution in [0, 0.1) is 12.7 Å². The molecular formula is C24H22FNO3S. The number of carbonyl (C=O) groups is 2. The monoisotopic (exact) mass is 423 g/mol. The minimum atomic E-state index is -0.399. The molecule has 1 aromatic heterocycles. The summed E-state index contributed by atoms with van der Waals surface area (Å²) in [6, 6.07) is 10.2. The van der Waals surface area contributed by atoms with Crippen molar-refractivity contribution in [3.8, 4) is 16.9 Å². The van der Waals surface area contributed by atoms with Crippen LogP contribution in [0.1, 0.15) is 34.0 Å². The fourth-order valence-electron chi connectivity index (χ4n) is 3.73. The summed E-state index contributed by atoms with van der Waals surface area (Å²) in [5.74, 6) is 0.0541. The number of hydrogen-bond acceptors (Lipinski definition) is 4. The molecule has 1 N–H and O–H groups in total. The van der Waals surface area contributed by atoms with Crippen LogP contribution >= 0.6 is 11.3 Å². The lowest BCUT2D eigenvalue weighted by atomic mass is 9.95. The molecule has 0 radical (unpaired) electrons. The highest BCUT2D eigenvalue weighted by molar-refractivity contribution is 7.08. The lowest BCUT2D eigenvalue weighted by Crippen LogP contribution is -2.35. The summed E-state index contributed by atoms with van der Waals surface area (Å²) in [5.41, 5.74) is 4.41. The molecule has 1 amide bonds. The first-order valence-corrected chi connectivity index (χ1v) is 10.7. The molecule has 2 heterocycles. The second kappa shape index (κ2) is 8.40. The SMILES string of the molecule is CC(=O)c1ccc(F)c(-c2cc(C)cc3c2O[C@H](CNC(=O)Cc2ccsc2)C3)c1. The topological polar surface area (TPSA) is 55.4 Å². The smallest absolute Gasteiger partial charge is 0.224 e. The summed E-state index contributed by atoms with van der Waals surface area (Å²) in [6.07, 6.45) is 0.763. The van der Waals surface area contributed by atoms with Crippen LogP contribution in [0.5, 0.6) is 5.75 Å². The van der Waals surface area contributed by atoms with E-state index in [9.17, 15) is 14.0 Å². The number of halogens is 1. The molecule has 6 heteroatoms. The first-order chi connectivity index (χ1) is 14.4. The van der Waals surface area contributed by atoms with Gasteiger partial charge in [0.05, 0.1) is 13.0 Å². The Hall–Kier alpha value is -2.99. The predicted octanol–water partition coefficient (Wildman–Crippen LogP) is 4.73. The summed E-state index contributed by atoms with van der Waals surface area (Å²) in [7, 11) is 0. The number of benzene rings is 2. The number of ether oxygens (including phenoxy) is 1. The number of Topliss-reactive ketones (excluding diaryl/α,β-unsaturated/α-hetero) is 1. The summed E-state index contributed by atoms with van der Waals surface area (Å²) in [4.78, 5) is 23.9. The second-order valence-electron chi connectivity index (χ2n) is 7.61. The second-order valence-corrected chi connectivity index (χ2v) is 8.39. The van der Waals surface area contributed by atoms with E-state index >= 15 is 0 Å². The number of amides is 1. The van der Waals surface area contributed by atoms with E-state index in [4.69, 9.17) is 4.74 Å². The van der Waals surface area contributed by atoms with Crippen molar-refractivity contribution in [3.63, 3.8) is 0 Å². The molecule has 0 saturated carbocycles. The minimum Gasteiger partial charge on any atom is -0.487 e. The van der Waals surface area contributed by atoms with Crippen molar-refractivity contribution in [2.45, 2.75) is 32.8 Å². The highest BCUT2D eigenvalue weighted by Gasteiger charge is 2.28. The van der Waals surface area contributed by atoms with Crippen molar-refractivity contribution in [1.29, 1.82) is 0 Å². The molecule has 1 atom stereocenters. The Bertz CT molecular complexity index is 1110. The molecular weight excluding hydrogens is 401 g/mol. The summed E-state index contributed by atoms with van der Waals surface area (Å²) in [6.45, 7) is 3.79. The molecule has 1 aliphatic rings. The van der Waals surface area contributed by atoms with Crippen LogP contribution in [0.25, 0.3) is 11.1 Å². The zero-order chi connectivity index (χ0) is 21.3. The molecule has 0 unspecified atom stereocenters. The van der Waals surface area contributed by atoms with E-state index < -0.39 is 5.82 Å². The van der Waals surface area contributed by atoms with E-state index in [1.165, 1.54) is 19.1 Å². The van der Waals surface area contributed by atoms with Gasteiger partial charge in [-0.3, -0.25) is 9.59 Å². The maximum Gasteiger partial charge on any atom is 0.224 e. The Kier molecular flexibility index (Phi) is 5.68. The van der Waals surface area contributed by atoms with Gasteiger partial charge in [-0.2, -0.15) is 11.3 Å². The minimum absolute atomic E-state index is 0.0513. The summed E-state index contributed by atoms with van der Waals surface area (Å²) >= 11 is 1.56. The van der Waals surface area contributed by atoms with Crippen molar-refractivity contribution in [2.75, 3.05) is 6.54 Å². The van der Waals surface area contributed by atoms with Gasteiger partial charge in [-0.05, 0) is 71.6 Å². The van der Waals surface area contributed by atoms with Gasteiger partial charge < -0.3 is 10.1 Å². The van der Waals surface area contributed by atoms with Gasteiger partial charge in [0, 0.05) is 23.1 Å². The maximum absolute atomic E-state index is 14.6. The lowest BCUT2D eigenvalue weighted by molar-refractivity contribution is -0.120. The average Bonchev–Trinajstić information content (AvgIpc) is 3.35. The molecule has 1 aliphatic heterocycles. The summed E-state index contributed by atoms with van der Waals surface area (Å²) in [5, 5.41) is 6.84. The highest BCUT2D eigenvalue weighted by atomic mass is 32.1. The molecule has 0 aliphatic carbocycles. The number of aryl methyl sites for hydroxylation is 1. The fraction of sp³-hybridized carbons (Fsp3) is 0.250. The summed E-state index contributed by atoms with van der Waals surface area (Å²) < 4.78 is 20.8. The number of thiophene rings is 1. The van der Waals surface area contributed by atoms with Crippen molar-refractivity contribution < 1.29 is 18.7 Å². The van der Waals surface area contributed by atoms with Gasteiger partial charge in [0.1, 0.15) is 17.7 Å². The molecule has 4 nitrogen and oxygen atoms in total. The van der Waals surface area contributed by atoms with E-state index in [2.05, 4.69) is 5.32 Å². The zero-order valence-corrected chi connectivity index (χ0v) is 17.6. The van der Waals surface area contributed by atoms with Crippen molar-refractivity contribution in [2.24, 2.45) is 0 Å². The van der Waals surface area contributed by atoms with Gasteiger partial charge in [0.2, 0.25) is 5.91 Å². The van der Waals surface area contributed by atoms with Crippen LogP contribution in [-0.4, -0.2) is 24.3 Å². The van der Waals surface area contributed by atoms with Crippen LogP contribution in [0.15, 0.2) is 47.2 Å². The van der Waals surface area contributed by atoms with E-state index in [0.29, 0.717) is 41.8 Å².